The Morgan fingerprint density at radius 2 is 1.93 bits per heavy atom. The van der Waals surface area contributed by atoms with Crippen LogP contribution in [0.2, 0.25) is 0 Å². The van der Waals surface area contributed by atoms with Crippen LogP contribution >= 0.6 is 0 Å². The van der Waals surface area contributed by atoms with Gasteiger partial charge in [-0.3, -0.25) is 4.79 Å². The number of carboxylic acids is 1. The minimum absolute atomic E-state index is 0.0117. The molecule has 2 aliphatic carbocycles. The van der Waals surface area contributed by atoms with Crippen LogP contribution in [-0.4, -0.2) is 29.9 Å². The lowest BCUT2D eigenvalue weighted by Gasteiger charge is -2.56. The molecule has 0 heterocycles. The molecule has 27 heavy (non-hydrogen) atoms. The molecular formula is C22H32O5. The molecular weight excluding hydrogens is 344 g/mol. The molecule has 5 heteroatoms. The lowest BCUT2D eigenvalue weighted by molar-refractivity contribution is -0.140. The number of carboxylic acid groups (broad SMARTS) is 1. The second kappa shape index (κ2) is 8.41. The normalized spacial score (nSPS) is 32.4. The van der Waals surface area contributed by atoms with Crippen molar-refractivity contribution in [3.05, 3.63) is 23.8 Å². The maximum Gasteiger partial charge on any atom is 0.328 e. The van der Waals surface area contributed by atoms with Gasteiger partial charge in [0.1, 0.15) is 12.9 Å². The average molecular weight is 376 g/mol. The lowest BCUT2D eigenvalue weighted by atomic mass is 9.48. The Labute approximate surface area is 161 Å². The van der Waals surface area contributed by atoms with Crippen LogP contribution in [0.15, 0.2) is 23.8 Å². The summed E-state index contributed by atoms with van der Waals surface area (Å²) in [7, 11) is 0. The highest BCUT2D eigenvalue weighted by Crippen LogP contribution is 2.59. The molecule has 1 N–H and O–H groups in total. The van der Waals surface area contributed by atoms with E-state index >= 15 is 0 Å². The number of carbonyl (C=O) groups is 3. The van der Waals surface area contributed by atoms with Gasteiger partial charge >= 0.3 is 11.9 Å². The molecule has 5 nitrogen and oxygen atoms in total. The summed E-state index contributed by atoms with van der Waals surface area (Å²) in [5.74, 6) is -1.08. The van der Waals surface area contributed by atoms with E-state index in [4.69, 9.17) is 9.84 Å². The van der Waals surface area contributed by atoms with Crippen LogP contribution in [0, 0.1) is 28.6 Å². The number of fused-ring (bicyclic) bond motifs is 1. The predicted octanol–water partition coefficient (Wildman–Crippen LogP) is 4.17. The third kappa shape index (κ3) is 4.88. The number of rotatable bonds is 7. The maximum absolute atomic E-state index is 11.8. The van der Waals surface area contributed by atoms with Gasteiger partial charge in [0.05, 0.1) is 0 Å². The molecule has 1 saturated carbocycles. The fourth-order valence-electron chi connectivity index (χ4n) is 5.40. The summed E-state index contributed by atoms with van der Waals surface area (Å²) in [6.45, 7) is 8.18. The van der Waals surface area contributed by atoms with Gasteiger partial charge in [0, 0.05) is 18.9 Å². The van der Waals surface area contributed by atoms with Crippen molar-refractivity contribution in [2.45, 2.75) is 59.8 Å². The van der Waals surface area contributed by atoms with E-state index in [0.717, 1.165) is 25.2 Å². The van der Waals surface area contributed by atoms with Gasteiger partial charge in [0.25, 0.3) is 0 Å². The quantitative estimate of drug-likeness (QED) is 0.312. The molecule has 0 aromatic heterocycles. The first-order valence-electron chi connectivity index (χ1n) is 9.79. The maximum atomic E-state index is 11.8. The second-order valence-electron chi connectivity index (χ2n) is 8.99. The van der Waals surface area contributed by atoms with Crippen molar-refractivity contribution in [3.63, 3.8) is 0 Å². The Hall–Kier alpha value is -1.91. The monoisotopic (exact) mass is 376 g/mol. The minimum atomic E-state index is -1.05. The highest BCUT2D eigenvalue weighted by Gasteiger charge is 2.52. The van der Waals surface area contributed by atoms with Crippen LogP contribution in [0.1, 0.15) is 59.8 Å². The summed E-state index contributed by atoms with van der Waals surface area (Å²) in [6, 6.07) is 0. The number of aliphatic carboxylic acids is 1. The predicted molar refractivity (Wildman–Crippen MR) is 103 cm³/mol. The zero-order chi connectivity index (χ0) is 20.2. The number of allylic oxidation sites excluding steroid dienone is 2. The molecule has 1 fully saturated rings. The Balaban J connectivity index is 2.23. The molecule has 4 atom stereocenters. The number of carbonyl (C=O) groups excluding carboxylic acids is 2. The van der Waals surface area contributed by atoms with Crippen molar-refractivity contribution >= 4 is 18.2 Å². The average Bonchev–Trinajstić information content (AvgIpc) is 2.56. The molecule has 2 aliphatic rings. The van der Waals surface area contributed by atoms with Gasteiger partial charge in [0.2, 0.25) is 0 Å². The van der Waals surface area contributed by atoms with Crippen molar-refractivity contribution in [2.75, 3.05) is 6.61 Å². The van der Waals surface area contributed by atoms with E-state index in [1.54, 1.807) is 0 Å². The summed E-state index contributed by atoms with van der Waals surface area (Å²) in [4.78, 5) is 34.0. The van der Waals surface area contributed by atoms with Crippen molar-refractivity contribution < 1.29 is 24.2 Å². The van der Waals surface area contributed by atoms with E-state index in [-0.39, 0.29) is 29.3 Å². The van der Waals surface area contributed by atoms with Gasteiger partial charge in [0.15, 0.2) is 0 Å². The van der Waals surface area contributed by atoms with Crippen molar-refractivity contribution in [3.8, 4) is 0 Å². The van der Waals surface area contributed by atoms with Gasteiger partial charge in [-0.05, 0) is 53.9 Å². The summed E-state index contributed by atoms with van der Waals surface area (Å²) >= 11 is 0. The summed E-state index contributed by atoms with van der Waals surface area (Å²) < 4.78 is 5.01. The molecule has 0 saturated heterocycles. The topological polar surface area (TPSA) is 80.7 Å². The fourth-order valence-corrected chi connectivity index (χ4v) is 5.40. The van der Waals surface area contributed by atoms with Crippen molar-refractivity contribution in [2.24, 2.45) is 28.6 Å². The number of ether oxygens (including phenoxy) is 1. The summed E-state index contributed by atoms with van der Waals surface area (Å²) in [5, 5.41) is 9.11. The van der Waals surface area contributed by atoms with Gasteiger partial charge in [-0.1, -0.05) is 39.3 Å². The Bertz CT molecular complexity index is 645. The van der Waals surface area contributed by atoms with Crippen molar-refractivity contribution in [1.29, 1.82) is 0 Å². The third-order valence-corrected chi connectivity index (χ3v) is 6.65. The Morgan fingerprint density at radius 3 is 2.52 bits per heavy atom. The molecule has 150 valence electrons. The van der Waals surface area contributed by atoms with Gasteiger partial charge in [-0.15, -0.1) is 0 Å². The molecule has 0 spiro atoms. The largest absolute Gasteiger partial charge is 0.478 e. The number of aldehydes is 1. The van der Waals surface area contributed by atoms with E-state index in [9.17, 15) is 14.4 Å². The standard InChI is InChI=1S/C22H32O5/c1-15(24)27-14-16(12-20(25)26)6-8-18-17(13-23)7-9-19-21(2,3)10-5-11-22(18,19)4/h7,9,12-13,17-19H,5-6,8,10-11,14H2,1-4H3,(H,25,26)/b16-12+/t17-,18-,19-,22+/m1/s1. The van der Waals surface area contributed by atoms with E-state index in [2.05, 4.69) is 26.8 Å². The minimum Gasteiger partial charge on any atom is -0.478 e. The zero-order valence-electron chi connectivity index (χ0n) is 16.9. The van der Waals surface area contributed by atoms with Crippen LogP contribution in [-0.2, 0) is 19.1 Å². The first kappa shape index (κ1) is 21.4. The Morgan fingerprint density at radius 1 is 1.22 bits per heavy atom. The molecule has 0 aromatic rings. The highest BCUT2D eigenvalue weighted by molar-refractivity contribution is 5.80. The van der Waals surface area contributed by atoms with Gasteiger partial charge in [-0.25, -0.2) is 4.79 Å². The number of esters is 1. The van der Waals surface area contributed by atoms with Crippen molar-refractivity contribution in [1.82, 2.24) is 0 Å². The molecule has 0 aliphatic heterocycles. The first-order chi connectivity index (χ1) is 12.6. The van der Waals surface area contributed by atoms with Gasteiger partial charge < -0.3 is 14.6 Å². The lowest BCUT2D eigenvalue weighted by Crippen LogP contribution is -2.49. The second-order valence-corrected chi connectivity index (χ2v) is 8.99. The summed E-state index contributed by atoms with van der Waals surface area (Å²) in [5.41, 5.74) is 0.775. The molecule has 0 radical (unpaired) electrons. The van der Waals surface area contributed by atoms with E-state index in [1.807, 2.05) is 6.08 Å². The van der Waals surface area contributed by atoms with Gasteiger partial charge in [-0.2, -0.15) is 0 Å². The van der Waals surface area contributed by atoms with E-state index < -0.39 is 11.9 Å². The smallest absolute Gasteiger partial charge is 0.328 e. The van der Waals surface area contributed by atoms with Crippen LogP contribution < -0.4 is 0 Å². The number of hydrogen-bond donors (Lipinski definition) is 1. The number of hydrogen-bond acceptors (Lipinski definition) is 4. The van der Waals surface area contributed by atoms with Crippen LogP contribution in [0.3, 0.4) is 0 Å². The van der Waals surface area contributed by atoms with Crippen LogP contribution in [0.4, 0.5) is 0 Å². The Kier molecular flexibility index (Phi) is 6.66. The SMILES string of the molecule is CC(=O)OC/C(=C/C(=O)O)CC[C@@H]1[C@@H](C=O)C=C[C@@H]2C(C)(C)CCC[C@@]12C. The molecule has 0 aromatic carbocycles. The molecule has 0 amide bonds. The highest BCUT2D eigenvalue weighted by atomic mass is 16.5. The zero-order valence-corrected chi connectivity index (χ0v) is 16.9. The van der Waals surface area contributed by atoms with E-state index in [0.29, 0.717) is 24.3 Å². The first-order valence-corrected chi connectivity index (χ1v) is 9.79. The molecule has 2 rings (SSSR count). The molecule has 0 bridgehead atoms. The molecule has 0 unspecified atom stereocenters. The van der Waals surface area contributed by atoms with Crippen LogP contribution in [0.25, 0.3) is 0 Å². The van der Waals surface area contributed by atoms with E-state index in [1.165, 1.54) is 13.3 Å². The summed E-state index contributed by atoms with van der Waals surface area (Å²) in [6.07, 6.45) is 11.0. The van der Waals surface area contributed by atoms with Crippen LogP contribution in [0.5, 0.6) is 0 Å². The third-order valence-electron chi connectivity index (χ3n) is 6.65. The fraction of sp³-hybridized carbons (Fsp3) is 0.682.